The second-order valence-corrected chi connectivity index (χ2v) is 14.2. The molecule has 0 radical (unpaired) electrons. The van der Waals surface area contributed by atoms with E-state index in [1.165, 1.54) is 0 Å². The average Bonchev–Trinajstić information content (AvgIpc) is 3.08. The van der Waals surface area contributed by atoms with Gasteiger partial charge < -0.3 is 31.5 Å². The Morgan fingerprint density at radius 3 is 1.32 bits per heavy atom. The van der Waals surface area contributed by atoms with Crippen LogP contribution >= 0.6 is 0 Å². The van der Waals surface area contributed by atoms with E-state index >= 15 is 0 Å². The van der Waals surface area contributed by atoms with Crippen molar-refractivity contribution in [3.05, 3.63) is 58.7 Å². The number of guanidine groups is 1. The molecule has 1 fully saturated rings. The third-order valence-corrected chi connectivity index (χ3v) is 9.03. The molecule has 1 heterocycles. The van der Waals surface area contributed by atoms with Crippen LogP contribution in [0.4, 0.5) is 73.6 Å². The fourth-order valence-corrected chi connectivity index (χ4v) is 5.89. The Balaban J connectivity index is 1.67. The first-order valence-electron chi connectivity index (χ1n) is 18.0. The van der Waals surface area contributed by atoms with Crippen molar-refractivity contribution in [3.63, 3.8) is 0 Å². The van der Waals surface area contributed by atoms with Crippen LogP contribution in [0.2, 0.25) is 0 Å². The lowest BCUT2D eigenvalue weighted by atomic mass is 10.0. The van der Waals surface area contributed by atoms with Crippen LogP contribution in [0.3, 0.4) is 0 Å². The largest absolute Gasteiger partial charge is 0.416 e. The molecule has 3 rings (SSSR count). The molecule has 57 heavy (non-hydrogen) atoms. The molecule has 320 valence electrons. The van der Waals surface area contributed by atoms with Gasteiger partial charge in [-0.1, -0.05) is 27.7 Å². The molecule has 0 unspecified atom stereocenters. The van der Waals surface area contributed by atoms with Gasteiger partial charge in [0.25, 0.3) is 0 Å². The summed E-state index contributed by atoms with van der Waals surface area (Å²) in [5, 5.41) is 12.5. The van der Waals surface area contributed by atoms with Crippen LogP contribution in [0.25, 0.3) is 0 Å². The minimum Gasteiger partial charge on any atom is -0.356 e. The first-order chi connectivity index (χ1) is 26.2. The van der Waals surface area contributed by atoms with Gasteiger partial charge in [0, 0.05) is 49.6 Å². The number of alkyl halides is 12. The van der Waals surface area contributed by atoms with Crippen LogP contribution in [0.5, 0.6) is 0 Å². The van der Waals surface area contributed by atoms with Gasteiger partial charge in [0.05, 0.1) is 22.3 Å². The molecule has 5 N–H and O–H groups in total. The average molecular weight is 836 g/mol. The van der Waals surface area contributed by atoms with Gasteiger partial charge in [0.15, 0.2) is 5.96 Å². The quantitative estimate of drug-likeness (QED) is 0.0834. The molecule has 1 saturated heterocycles. The van der Waals surface area contributed by atoms with Crippen molar-refractivity contribution < 1.29 is 62.3 Å². The Hall–Kier alpha value is -4.59. The molecule has 1 aliphatic rings. The molecule has 0 aromatic heterocycles. The van der Waals surface area contributed by atoms with Crippen molar-refractivity contribution in [2.24, 2.45) is 16.8 Å². The lowest BCUT2D eigenvalue weighted by Crippen LogP contribution is -2.47. The van der Waals surface area contributed by atoms with E-state index in [-0.39, 0.29) is 49.9 Å². The van der Waals surface area contributed by atoms with Gasteiger partial charge in [-0.3, -0.25) is 4.99 Å². The number of likely N-dealkylation sites (tertiary alicyclic amines) is 1. The highest BCUT2D eigenvalue weighted by Crippen LogP contribution is 2.39. The van der Waals surface area contributed by atoms with Crippen LogP contribution in [-0.2, 0) is 24.7 Å². The van der Waals surface area contributed by atoms with E-state index < -0.39 is 82.5 Å². The summed E-state index contributed by atoms with van der Waals surface area (Å²) in [6.45, 7) is 8.69. The number of urea groups is 2. The summed E-state index contributed by atoms with van der Waals surface area (Å²) in [7, 11) is 0. The standard InChI is InChI=1S/C36H45F12N7O2/c1-20(2)28(53-31(56)51-26-16-22(33(37,38)39)14-23(17-26)34(40,41)42)8-10-49-30(55-12-6-5-7-13-55)50-11-9-29(21(3)4)54-32(57)52-27-18-24(35(43,44)45)15-25(19-27)36(46,47)48/h14-21,28-29H,5-13H2,1-4H3,(H,49,50)(H2,51,53,56)(H2,52,54,57)/t28-,29-/m1/s1. The van der Waals surface area contributed by atoms with Crippen molar-refractivity contribution in [3.8, 4) is 0 Å². The van der Waals surface area contributed by atoms with Gasteiger partial charge in [-0.25, -0.2) is 9.59 Å². The first kappa shape index (κ1) is 46.8. The van der Waals surface area contributed by atoms with E-state index in [1.54, 1.807) is 27.7 Å². The van der Waals surface area contributed by atoms with Crippen molar-refractivity contribution in [2.45, 2.75) is 96.6 Å². The summed E-state index contributed by atoms with van der Waals surface area (Å²) >= 11 is 0. The monoisotopic (exact) mass is 835 g/mol. The fraction of sp³-hybridized carbons (Fsp3) is 0.583. The number of nitrogens with one attached hydrogen (secondary N) is 5. The third kappa shape index (κ3) is 15.0. The van der Waals surface area contributed by atoms with Gasteiger partial charge in [-0.2, -0.15) is 52.7 Å². The number of halogens is 12. The van der Waals surface area contributed by atoms with E-state index in [0.717, 1.165) is 19.3 Å². The molecule has 2 atom stereocenters. The van der Waals surface area contributed by atoms with Gasteiger partial charge in [0.2, 0.25) is 0 Å². The number of hydrogen-bond acceptors (Lipinski definition) is 3. The van der Waals surface area contributed by atoms with Crippen LogP contribution in [0.1, 0.15) is 82.1 Å². The summed E-state index contributed by atoms with van der Waals surface area (Å²) in [6.07, 6.45) is -17.2. The number of carbonyl (C=O) groups excluding carboxylic acids is 2. The smallest absolute Gasteiger partial charge is 0.356 e. The van der Waals surface area contributed by atoms with Crippen molar-refractivity contribution in [2.75, 3.05) is 36.8 Å². The Morgan fingerprint density at radius 1 is 0.596 bits per heavy atom. The zero-order chi connectivity index (χ0) is 42.9. The first-order valence-corrected chi connectivity index (χ1v) is 18.0. The summed E-state index contributed by atoms with van der Waals surface area (Å²) < 4.78 is 160. The lowest BCUT2D eigenvalue weighted by Gasteiger charge is -2.31. The highest BCUT2D eigenvalue weighted by molar-refractivity contribution is 5.90. The Morgan fingerprint density at radius 2 is 0.965 bits per heavy atom. The second kappa shape index (κ2) is 19.2. The van der Waals surface area contributed by atoms with Crippen LogP contribution in [-0.4, -0.2) is 61.2 Å². The van der Waals surface area contributed by atoms with E-state index in [9.17, 15) is 62.3 Å². The number of nitrogens with zero attached hydrogens (tertiary/aromatic N) is 2. The van der Waals surface area contributed by atoms with Crippen LogP contribution < -0.4 is 26.6 Å². The summed E-state index contributed by atoms with van der Waals surface area (Å²) in [6, 6.07) is -1.75. The predicted octanol–water partition coefficient (Wildman–Crippen LogP) is 9.97. The third-order valence-electron chi connectivity index (χ3n) is 9.03. The molecule has 0 aliphatic carbocycles. The fourth-order valence-electron chi connectivity index (χ4n) is 5.89. The van der Waals surface area contributed by atoms with Crippen molar-refractivity contribution in [1.82, 2.24) is 20.9 Å². The summed E-state index contributed by atoms with van der Waals surface area (Å²) in [5.41, 5.74) is -7.75. The molecule has 2 aromatic rings. The molecular weight excluding hydrogens is 790 g/mol. The number of piperidine rings is 1. The zero-order valence-electron chi connectivity index (χ0n) is 31.4. The molecule has 1 aliphatic heterocycles. The van der Waals surface area contributed by atoms with Crippen LogP contribution in [0, 0.1) is 11.8 Å². The highest BCUT2D eigenvalue weighted by Gasteiger charge is 2.38. The summed E-state index contributed by atoms with van der Waals surface area (Å²) in [5.74, 6) is 0.0330. The SMILES string of the molecule is CC(C)[C@@H](CCN=C(NCC[C@@H](NC(=O)Nc1cc(C(F)(F)F)cc(C(F)(F)F)c1)C(C)C)N1CCCCC1)NC(=O)Nc1cc(C(F)(F)F)cc(C(F)(F)F)c1. The van der Waals surface area contributed by atoms with E-state index in [0.29, 0.717) is 43.3 Å². The van der Waals surface area contributed by atoms with E-state index in [1.807, 2.05) is 4.90 Å². The van der Waals surface area contributed by atoms with E-state index in [4.69, 9.17) is 0 Å². The minimum absolute atomic E-state index is 0.0489. The molecule has 9 nitrogen and oxygen atoms in total. The van der Waals surface area contributed by atoms with Gasteiger partial charge >= 0.3 is 36.8 Å². The number of amides is 4. The van der Waals surface area contributed by atoms with Crippen molar-refractivity contribution >= 4 is 29.4 Å². The normalized spacial score (nSPS) is 15.7. The highest BCUT2D eigenvalue weighted by atomic mass is 19.4. The maximum atomic E-state index is 13.3. The molecule has 0 bridgehead atoms. The number of carbonyl (C=O) groups is 2. The number of rotatable bonds is 12. The summed E-state index contributed by atoms with van der Waals surface area (Å²) in [4.78, 5) is 32.2. The van der Waals surface area contributed by atoms with Gasteiger partial charge in [-0.15, -0.1) is 0 Å². The molecule has 21 heteroatoms. The topological polar surface area (TPSA) is 110 Å². The molecular formula is C36H45F12N7O2. The maximum absolute atomic E-state index is 13.3. The number of aliphatic imine (C=N–C) groups is 1. The maximum Gasteiger partial charge on any atom is 0.416 e. The van der Waals surface area contributed by atoms with E-state index in [2.05, 4.69) is 31.6 Å². The zero-order valence-corrected chi connectivity index (χ0v) is 31.4. The number of hydrogen-bond donors (Lipinski definition) is 5. The molecule has 2 aromatic carbocycles. The van der Waals surface area contributed by atoms with Gasteiger partial charge in [-0.05, 0) is 80.3 Å². The molecule has 4 amide bonds. The minimum atomic E-state index is -5.10. The Bertz CT molecular complexity index is 1620. The predicted molar refractivity (Wildman–Crippen MR) is 189 cm³/mol. The van der Waals surface area contributed by atoms with Crippen LogP contribution in [0.15, 0.2) is 41.4 Å². The number of benzene rings is 2. The number of anilines is 2. The Kier molecular flexibility index (Phi) is 15.8. The Labute approximate surface area is 321 Å². The molecule has 0 saturated carbocycles. The van der Waals surface area contributed by atoms with Gasteiger partial charge in [0.1, 0.15) is 0 Å². The van der Waals surface area contributed by atoms with Crippen molar-refractivity contribution in [1.29, 1.82) is 0 Å². The second-order valence-electron chi connectivity index (χ2n) is 14.2. The lowest BCUT2D eigenvalue weighted by molar-refractivity contribution is -0.144. The molecule has 0 spiro atoms.